The molecule has 1 aliphatic rings. The van der Waals surface area contributed by atoms with E-state index >= 15 is 0 Å². The monoisotopic (exact) mass is 233 g/mol. The van der Waals surface area contributed by atoms with Crippen molar-refractivity contribution in [1.29, 1.82) is 0 Å². The largest absolute Gasteiger partial charge is 0.385 e. The number of aryl methyl sites for hydroxylation is 1. The first-order valence-electron chi connectivity index (χ1n) is 6.58. The second-order valence-electron chi connectivity index (χ2n) is 5.08. The molecule has 1 aromatic rings. The Kier molecular flexibility index (Phi) is 3.69. The molecule has 0 spiro atoms. The molecule has 16 heavy (non-hydrogen) atoms. The van der Waals surface area contributed by atoms with E-state index in [1.165, 1.54) is 36.3 Å². The Balaban J connectivity index is 2.16. The zero-order valence-corrected chi connectivity index (χ0v) is 11.9. The summed E-state index contributed by atoms with van der Waals surface area (Å²) in [5.74, 6) is 0. The van der Waals surface area contributed by atoms with E-state index in [1.807, 2.05) is 0 Å². The smallest absolute Gasteiger partial charge is 0.0419 e. The minimum absolute atomic E-state index is 0.510. The molecule has 1 atom stereocenters. The molecule has 1 unspecified atom stereocenters. The Morgan fingerprint density at radius 1 is 1.31 bits per heavy atom. The van der Waals surface area contributed by atoms with Crippen LogP contribution in [0.2, 0.25) is 17.6 Å². The average Bonchev–Trinajstić information content (AvgIpc) is 2.30. The average molecular weight is 233 g/mol. The van der Waals surface area contributed by atoms with E-state index in [1.54, 1.807) is 5.56 Å². The molecule has 0 aromatic heterocycles. The summed E-state index contributed by atoms with van der Waals surface area (Å²) < 4.78 is 0. The molecular formula is C14H23NSi. The third-order valence-electron chi connectivity index (χ3n) is 4.01. The second-order valence-corrected chi connectivity index (χ2v) is 9.18. The van der Waals surface area contributed by atoms with Crippen molar-refractivity contribution < 1.29 is 0 Å². The van der Waals surface area contributed by atoms with E-state index in [0.29, 0.717) is 0 Å². The Bertz CT molecular complexity index is 358. The molecule has 0 fully saturated rings. The molecule has 88 valence electrons. The van der Waals surface area contributed by atoms with Gasteiger partial charge in [-0.15, -0.1) is 0 Å². The fraction of sp³-hybridized carbons (Fsp3) is 0.571. The molecule has 0 aliphatic carbocycles. The number of rotatable bonds is 3. The van der Waals surface area contributed by atoms with E-state index in [9.17, 15) is 0 Å². The van der Waals surface area contributed by atoms with Crippen LogP contribution in [0.15, 0.2) is 18.2 Å². The van der Waals surface area contributed by atoms with E-state index in [0.717, 1.165) is 5.54 Å². The van der Waals surface area contributed by atoms with Crippen molar-refractivity contribution in [2.45, 2.75) is 44.8 Å². The lowest BCUT2D eigenvalue weighted by molar-refractivity contribution is 0.795. The summed E-state index contributed by atoms with van der Waals surface area (Å²) in [5.41, 5.74) is 5.29. The van der Waals surface area contributed by atoms with Gasteiger partial charge in [0.1, 0.15) is 0 Å². The van der Waals surface area contributed by atoms with Gasteiger partial charge in [-0.3, -0.25) is 0 Å². The topological polar surface area (TPSA) is 12.0 Å². The summed E-state index contributed by atoms with van der Waals surface area (Å²) in [6, 6.07) is 9.72. The molecule has 1 aliphatic heterocycles. The molecule has 1 heterocycles. The maximum Gasteiger partial charge on any atom is 0.0419 e. The van der Waals surface area contributed by atoms with Crippen molar-refractivity contribution >= 4 is 14.5 Å². The van der Waals surface area contributed by atoms with Crippen molar-refractivity contribution in [2.24, 2.45) is 0 Å². The van der Waals surface area contributed by atoms with Crippen LogP contribution in [0.4, 0.5) is 5.69 Å². The van der Waals surface area contributed by atoms with Gasteiger partial charge >= 0.3 is 0 Å². The maximum atomic E-state index is 3.62. The van der Waals surface area contributed by atoms with E-state index in [-0.39, 0.29) is 0 Å². The highest BCUT2D eigenvalue weighted by Gasteiger charge is 2.24. The number of hydrogen-bond donors (Lipinski definition) is 1. The van der Waals surface area contributed by atoms with Crippen LogP contribution in [0.25, 0.3) is 0 Å². The van der Waals surface area contributed by atoms with Gasteiger partial charge in [-0.25, -0.2) is 0 Å². The highest BCUT2D eigenvalue weighted by molar-refractivity contribution is 6.60. The number of nitrogens with one attached hydrogen (secondary N) is 1. The van der Waals surface area contributed by atoms with Crippen LogP contribution < -0.4 is 5.32 Å². The van der Waals surface area contributed by atoms with E-state index in [4.69, 9.17) is 0 Å². The van der Waals surface area contributed by atoms with Crippen LogP contribution >= 0.6 is 0 Å². The van der Waals surface area contributed by atoms with Gasteiger partial charge < -0.3 is 5.32 Å². The molecule has 0 amide bonds. The van der Waals surface area contributed by atoms with Crippen molar-refractivity contribution in [3.05, 3.63) is 29.3 Å². The van der Waals surface area contributed by atoms with E-state index < -0.39 is 8.80 Å². The standard InChI is InChI=1S/C14H23NSi/c1-4-16(5-2)13-9-12-8-11(3)6-7-14(12)15-10-13/h6-8,13,15-16H,4-5,9-10H2,1-3H3. The Hall–Kier alpha value is -0.763. The normalized spacial score (nSPS) is 19.4. The predicted octanol–water partition coefficient (Wildman–Crippen LogP) is 3.60. The van der Waals surface area contributed by atoms with Crippen LogP contribution in [-0.2, 0) is 6.42 Å². The molecule has 2 heteroatoms. The fourth-order valence-corrected chi connectivity index (χ4v) is 5.90. The number of fused-ring (bicyclic) bond motifs is 1. The zero-order chi connectivity index (χ0) is 11.5. The molecule has 0 saturated heterocycles. The quantitative estimate of drug-likeness (QED) is 0.787. The number of benzene rings is 1. The van der Waals surface area contributed by atoms with Crippen LogP contribution in [0.5, 0.6) is 0 Å². The molecule has 2 rings (SSSR count). The summed E-state index contributed by atoms with van der Waals surface area (Å²) in [7, 11) is -0.510. The third kappa shape index (κ3) is 2.32. The van der Waals surface area contributed by atoms with Crippen LogP contribution in [0.1, 0.15) is 25.0 Å². The summed E-state index contributed by atoms with van der Waals surface area (Å²) >= 11 is 0. The minimum atomic E-state index is -0.510. The predicted molar refractivity (Wildman–Crippen MR) is 75.2 cm³/mol. The van der Waals surface area contributed by atoms with Crippen molar-refractivity contribution in [3.63, 3.8) is 0 Å². The minimum Gasteiger partial charge on any atom is -0.385 e. The summed E-state index contributed by atoms with van der Waals surface area (Å²) in [4.78, 5) is 0. The van der Waals surface area contributed by atoms with Crippen LogP contribution in [0.3, 0.4) is 0 Å². The van der Waals surface area contributed by atoms with Gasteiger partial charge in [0.15, 0.2) is 0 Å². The van der Waals surface area contributed by atoms with Crippen molar-refractivity contribution in [1.82, 2.24) is 0 Å². The SMILES string of the molecule is CC[SiH](CC)C1CNc2ccc(C)cc2C1. The second kappa shape index (κ2) is 5.04. The van der Waals surface area contributed by atoms with Gasteiger partial charge in [-0.05, 0) is 30.5 Å². The number of hydrogen-bond acceptors (Lipinski definition) is 1. The van der Waals surface area contributed by atoms with E-state index in [2.05, 4.69) is 44.3 Å². The first-order chi connectivity index (χ1) is 7.74. The highest BCUT2D eigenvalue weighted by atomic mass is 28.3. The molecule has 0 bridgehead atoms. The molecular weight excluding hydrogens is 210 g/mol. The summed E-state index contributed by atoms with van der Waals surface area (Å²) in [5, 5.41) is 3.62. The highest BCUT2D eigenvalue weighted by Crippen LogP contribution is 2.31. The van der Waals surface area contributed by atoms with Gasteiger partial charge in [0.05, 0.1) is 0 Å². The van der Waals surface area contributed by atoms with Gasteiger partial charge in [-0.1, -0.05) is 43.6 Å². The maximum absolute atomic E-state index is 3.62. The fourth-order valence-electron chi connectivity index (χ4n) is 2.95. The van der Waals surface area contributed by atoms with Gasteiger partial charge in [0.25, 0.3) is 0 Å². The van der Waals surface area contributed by atoms with Crippen molar-refractivity contribution in [2.75, 3.05) is 11.9 Å². The molecule has 1 N–H and O–H groups in total. The summed E-state index contributed by atoms with van der Waals surface area (Å²) in [6.07, 6.45) is 1.32. The first kappa shape index (κ1) is 11.7. The van der Waals surface area contributed by atoms with Crippen LogP contribution in [-0.4, -0.2) is 15.3 Å². The molecule has 1 aromatic carbocycles. The van der Waals surface area contributed by atoms with Crippen molar-refractivity contribution in [3.8, 4) is 0 Å². The Morgan fingerprint density at radius 3 is 2.75 bits per heavy atom. The first-order valence-corrected chi connectivity index (χ1v) is 8.88. The molecule has 0 radical (unpaired) electrons. The lowest BCUT2D eigenvalue weighted by atomic mass is 10.0. The van der Waals surface area contributed by atoms with Gasteiger partial charge in [0.2, 0.25) is 0 Å². The molecule has 1 nitrogen and oxygen atoms in total. The molecule has 0 saturated carbocycles. The lowest BCUT2D eigenvalue weighted by Gasteiger charge is -2.31. The number of anilines is 1. The van der Waals surface area contributed by atoms with Gasteiger partial charge in [0, 0.05) is 21.0 Å². The van der Waals surface area contributed by atoms with Crippen LogP contribution in [0, 0.1) is 6.92 Å². The van der Waals surface area contributed by atoms with Gasteiger partial charge in [-0.2, -0.15) is 0 Å². The Labute approximate surface area is 101 Å². The lowest BCUT2D eigenvalue weighted by Crippen LogP contribution is -2.30. The summed E-state index contributed by atoms with van der Waals surface area (Å²) in [6.45, 7) is 8.17. The Morgan fingerprint density at radius 2 is 2.06 bits per heavy atom. The third-order valence-corrected chi connectivity index (χ3v) is 7.92. The zero-order valence-electron chi connectivity index (χ0n) is 10.7.